The molecule has 66 valence electrons. The van der Waals surface area contributed by atoms with Crippen molar-refractivity contribution in [2.75, 3.05) is 13.2 Å². The molecule has 2 unspecified atom stereocenters. The number of nitriles is 1. The van der Waals surface area contributed by atoms with Crippen molar-refractivity contribution in [1.82, 2.24) is 0 Å². The molecule has 0 amide bonds. The molecule has 2 atom stereocenters. The van der Waals surface area contributed by atoms with Crippen LogP contribution in [0.4, 0.5) is 0 Å². The molecule has 0 bridgehead atoms. The van der Waals surface area contributed by atoms with Crippen molar-refractivity contribution in [3.63, 3.8) is 0 Å². The molecule has 2 nitrogen and oxygen atoms in total. The molecule has 2 fully saturated rings. The van der Waals surface area contributed by atoms with Gasteiger partial charge in [-0.2, -0.15) is 5.26 Å². The van der Waals surface area contributed by atoms with Gasteiger partial charge in [-0.25, -0.2) is 0 Å². The summed E-state index contributed by atoms with van der Waals surface area (Å²) >= 11 is 0. The molecule has 1 aliphatic heterocycles. The minimum atomic E-state index is 0.297. The van der Waals surface area contributed by atoms with Crippen LogP contribution >= 0.6 is 0 Å². The van der Waals surface area contributed by atoms with Gasteiger partial charge in [0, 0.05) is 6.61 Å². The Morgan fingerprint density at radius 1 is 1.25 bits per heavy atom. The van der Waals surface area contributed by atoms with E-state index < -0.39 is 0 Å². The van der Waals surface area contributed by atoms with E-state index in [0.29, 0.717) is 17.8 Å². The fourth-order valence-corrected chi connectivity index (χ4v) is 2.10. The summed E-state index contributed by atoms with van der Waals surface area (Å²) < 4.78 is 5.39. The summed E-state index contributed by atoms with van der Waals surface area (Å²) in [6, 6.07) is 2.45. The molecule has 0 aromatic heterocycles. The van der Waals surface area contributed by atoms with Crippen molar-refractivity contribution in [3.8, 4) is 6.07 Å². The Kier molecular flexibility index (Phi) is 2.32. The van der Waals surface area contributed by atoms with Crippen molar-refractivity contribution in [2.45, 2.75) is 25.7 Å². The zero-order valence-electron chi connectivity index (χ0n) is 7.33. The molecule has 12 heavy (non-hydrogen) atoms. The summed E-state index contributed by atoms with van der Waals surface area (Å²) in [5.74, 6) is 1.54. The molecule has 0 radical (unpaired) electrons. The number of rotatable bonds is 2. The van der Waals surface area contributed by atoms with Crippen molar-refractivity contribution in [3.05, 3.63) is 0 Å². The SMILES string of the molecule is N#CC(C1CC1)C1CCCOC1. The minimum Gasteiger partial charge on any atom is -0.381 e. The highest BCUT2D eigenvalue weighted by Crippen LogP contribution is 2.42. The second-order valence-electron chi connectivity index (χ2n) is 3.97. The lowest BCUT2D eigenvalue weighted by Gasteiger charge is -2.25. The molecule has 0 N–H and O–H groups in total. The van der Waals surface area contributed by atoms with E-state index in [2.05, 4.69) is 6.07 Å². The first-order chi connectivity index (χ1) is 5.92. The van der Waals surface area contributed by atoms with Crippen LogP contribution in [0, 0.1) is 29.1 Å². The van der Waals surface area contributed by atoms with Crippen LogP contribution in [0.15, 0.2) is 0 Å². The Hall–Kier alpha value is -0.550. The summed E-state index contributed by atoms with van der Waals surface area (Å²) in [5.41, 5.74) is 0. The van der Waals surface area contributed by atoms with E-state index >= 15 is 0 Å². The Balaban J connectivity index is 1.91. The van der Waals surface area contributed by atoms with Gasteiger partial charge >= 0.3 is 0 Å². The Bertz CT molecular complexity index is 187. The van der Waals surface area contributed by atoms with Crippen LogP contribution in [-0.2, 0) is 4.74 Å². The molecule has 1 aliphatic carbocycles. The molecule has 2 aliphatic rings. The minimum absolute atomic E-state index is 0.297. The standard InChI is InChI=1S/C10H15NO/c11-6-10(8-3-4-8)9-2-1-5-12-7-9/h8-10H,1-5,7H2. The summed E-state index contributed by atoms with van der Waals surface area (Å²) in [7, 11) is 0. The third kappa shape index (κ3) is 1.61. The number of ether oxygens (including phenoxy) is 1. The largest absolute Gasteiger partial charge is 0.381 e. The number of hydrogen-bond acceptors (Lipinski definition) is 2. The molecule has 0 aromatic rings. The summed E-state index contributed by atoms with van der Waals surface area (Å²) in [5, 5.41) is 8.98. The molecule has 0 spiro atoms. The maximum atomic E-state index is 8.98. The number of nitrogens with zero attached hydrogens (tertiary/aromatic N) is 1. The fraction of sp³-hybridized carbons (Fsp3) is 0.900. The predicted octanol–water partition coefficient (Wildman–Crippen LogP) is 1.96. The van der Waals surface area contributed by atoms with Crippen molar-refractivity contribution in [2.24, 2.45) is 17.8 Å². The van der Waals surface area contributed by atoms with E-state index in [1.807, 2.05) is 0 Å². The molecular weight excluding hydrogens is 150 g/mol. The van der Waals surface area contributed by atoms with E-state index in [-0.39, 0.29) is 0 Å². The molecule has 2 rings (SSSR count). The van der Waals surface area contributed by atoms with Gasteiger partial charge in [-0.1, -0.05) is 0 Å². The molecular formula is C10H15NO. The van der Waals surface area contributed by atoms with E-state index in [1.165, 1.54) is 19.3 Å². The average molecular weight is 165 g/mol. The lowest BCUT2D eigenvalue weighted by molar-refractivity contribution is 0.0367. The molecule has 1 saturated heterocycles. The fourth-order valence-electron chi connectivity index (χ4n) is 2.10. The van der Waals surface area contributed by atoms with Gasteiger partial charge in [0.25, 0.3) is 0 Å². The van der Waals surface area contributed by atoms with Crippen molar-refractivity contribution >= 4 is 0 Å². The smallest absolute Gasteiger partial charge is 0.0662 e. The summed E-state index contributed by atoms with van der Waals surface area (Å²) in [6.07, 6.45) is 4.90. The van der Waals surface area contributed by atoms with Gasteiger partial charge in [-0.15, -0.1) is 0 Å². The zero-order chi connectivity index (χ0) is 8.39. The Labute approximate surface area is 73.5 Å². The Morgan fingerprint density at radius 3 is 2.58 bits per heavy atom. The topological polar surface area (TPSA) is 33.0 Å². The zero-order valence-corrected chi connectivity index (χ0v) is 7.33. The first-order valence-electron chi connectivity index (χ1n) is 4.89. The Morgan fingerprint density at radius 2 is 2.08 bits per heavy atom. The van der Waals surface area contributed by atoms with Crippen LogP contribution in [-0.4, -0.2) is 13.2 Å². The van der Waals surface area contributed by atoms with Gasteiger partial charge in [0.05, 0.1) is 18.6 Å². The third-order valence-electron chi connectivity index (χ3n) is 2.98. The van der Waals surface area contributed by atoms with E-state index in [4.69, 9.17) is 10.00 Å². The highest BCUT2D eigenvalue weighted by molar-refractivity contribution is 4.98. The van der Waals surface area contributed by atoms with Gasteiger partial charge in [0.2, 0.25) is 0 Å². The van der Waals surface area contributed by atoms with Crippen LogP contribution in [0.5, 0.6) is 0 Å². The highest BCUT2D eigenvalue weighted by Gasteiger charge is 2.37. The molecule has 1 heterocycles. The normalized spacial score (nSPS) is 32.4. The highest BCUT2D eigenvalue weighted by atomic mass is 16.5. The van der Waals surface area contributed by atoms with Crippen LogP contribution < -0.4 is 0 Å². The van der Waals surface area contributed by atoms with Crippen LogP contribution in [0.25, 0.3) is 0 Å². The average Bonchev–Trinajstić information content (AvgIpc) is 2.92. The van der Waals surface area contributed by atoms with Gasteiger partial charge in [-0.05, 0) is 37.5 Å². The monoisotopic (exact) mass is 165 g/mol. The maximum absolute atomic E-state index is 8.98. The van der Waals surface area contributed by atoms with Gasteiger partial charge in [0.15, 0.2) is 0 Å². The second kappa shape index (κ2) is 3.45. The lowest BCUT2D eigenvalue weighted by Crippen LogP contribution is -2.25. The summed E-state index contributed by atoms with van der Waals surface area (Å²) in [6.45, 7) is 1.73. The second-order valence-corrected chi connectivity index (χ2v) is 3.97. The first-order valence-corrected chi connectivity index (χ1v) is 4.89. The third-order valence-corrected chi connectivity index (χ3v) is 2.98. The van der Waals surface area contributed by atoms with Crippen molar-refractivity contribution in [1.29, 1.82) is 5.26 Å². The van der Waals surface area contributed by atoms with E-state index in [9.17, 15) is 0 Å². The van der Waals surface area contributed by atoms with Crippen LogP contribution in [0.2, 0.25) is 0 Å². The van der Waals surface area contributed by atoms with Gasteiger partial charge in [-0.3, -0.25) is 0 Å². The molecule has 1 saturated carbocycles. The predicted molar refractivity (Wildman–Crippen MR) is 45.4 cm³/mol. The van der Waals surface area contributed by atoms with Crippen LogP contribution in [0.3, 0.4) is 0 Å². The number of hydrogen-bond donors (Lipinski definition) is 0. The molecule has 2 heteroatoms. The lowest BCUT2D eigenvalue weighted by atomic mass is 9.85. The van der Waals surface area contributed by atoms with Gasteiger partial charge in [0.1, 0.15) is 0 Å². The van der Waals surface area contributed by atoms with E-state index in [1.54, 1.807) is 0 Å². The molecule has 0 aromatic carbocycles. The first kappa shape index (κ1) is 8.07. The van der Waals surface area contributed by atoms with Gasteiger partial charge < -0.3 is 4.74 Å². The van der Waals surface area contributed by atoms with E-state index in [0.717, 1.165) is 19.6 Å². The maximum Gasteiger partial charge on any atom is 0.0662 e. The van der Waals surface area contributed by atoms with Crippen molar-refractivity contribution < 1.29 is 4.74 Å². The quantitative estimate of drug-likeness (QED) is 0.626. The van der Waals surface area contributed by atoms with Crippen LogP contribution in [0.1, 0.15) is 25.7 Å². The summed E-state index contributed by atoms with van der Waals surface area (Å²) in [4.78, 5) is 0.